The van der Waals surface area contributed by atoms with E-state index in [1.165, 1.54) is 0 Å². The van der Waals surface area contributed by atoms with Gasteiger partial charge in [-0.15, -0.1) is 5.10 Å². The molecule has 0 bridgehead atoms. The third-order valence-electron chi connectivity index (χ3n) is 3.68. The number of benzene rings is 1. The molecular formula is C15H18ClN3O2. The van der Waals surface area contributed by atoms with Gasteiger partial charge in [-0.2, -0.15) is 0 Å². The van der Waals surface area contributed by atoms with Crippen LogP contribution in [0.25, 0.3) is 5.69 Å². The van der Waals surface area contributed by atoms with Gasteiger partial charge in [0, 0.05) is 10.9 Å². The van der Waals surface area contributed by atoms with E-state index in [0.29, 0.717) is 10.7 Å². The van der Waals surface area contributed by atoms with Crippen LogP contribution in [0.15, 0.2) is 18.2 Å². The Bertz CT molecular complexity index is 663. The van der Waals surface area contributed by atoms with Crippen molar-refractivity contribution >= 4 is 17.6 Å². The number of carbonyl (C=O) groups is 1. The normalized spacial score (nSPS) is 11.1. The minimum Gasteiger partial charge on any atom is -0.476 e. The molecule has 0 spiro atoms. The molecule has 0 unspecified atom stereocenters. The van der Waals surface area contributed by atoms with Crippen LogP contribution in [0.5, 0.6) is 0 Å². The van der Waals surface area contributed by atoms with Crippen LogP contribution in [0.2, 0.25) is 5.02 Å². The zero-order chi connectivity index (χ0) is 15.6. The number of rotatable bonds is 5. The van der Waals surface area contributed by atoms with Gasteiger partial charge in [-0.05, 0) is 37.5 Å². The highest BCUT2D eigenvalue weighted by Gasteiger charge is 2.25. The molecule has 1 aromatic carbocycles. The number of hydrogen-bond acceptors (Lipinski definition) is 3. The Hall–Kier alpha value is -1.88. The largest absolute Gasteiger partial charge is 0.476 e. The average molecular weight is 308 g/mol. The van der Waals surface area contributed by atoms with Gasteiger partial charge < -0.3 is 5.11 Å². The topological polar surface area (TPSA) is 68.0 Å². The predicted molar refractivity (Wildman–Crippen MR) is 81.4 cm³/mol. The molecule has 1 aromatic heterocycles. The second-order valence-electron chi connectivity index (χ2n) is 4.99. The second-order valence-corrected chi connectivity index (χ2v) is 5.39. The van der Waals surface area contributed by atoms with Crippen molar-refractivity contribution in [3.05, 3.63) is 40.2 Å². The molecule has 0 radical (unpaired) electrons. The lowest BCUT2D eigenvalue weighted by Gasteiger charge is -2.15. The Morgan fingerprint density at radius 3 is 2.57 bits per heavy atom. The van der Waals surface area contributed by atoms with Gasteiger partial charge >= 0.3 is 5.97 Å². The number of nitrogens with zero attached hydrogens (tertiary/aromatic N) is 3. The lowest BCUT2D eigenvalue weighted by atomic mass is 9.97. The van der Waals surface area contributed by atoms with Gasteiger partial charge in [-0.3, -0.25) is 0 Å². The molecule has 0 aliphatic carbocycles. The smallest absolute Gasteiger partial charge is 0.358 e. The molecule has 0 aliphatic heterocycles. The fourth-order valence-electron chi connectivity index (χ4n) is 2.39. The monoisotopic (exact) mass is 307 g/mol. The summed E-state index contributed by atoms with van der Waals surface area (Å²) < 4.78 is 1.59. The number of aromatic nitrogens is 3. The Balaban J connectivity index is 2.62. The summed E-state index contributed by atoms with van der Waals surface area (Å²) in [6, 6.07) is 5.53. The summed E-state index contributed by atoms with van der Waals surface area (Å²) in [5, 5.41) is 17.8. The predicted octanol–water partition coefficient (Wildman–Crippen LogP) is 3.83. The molecule has 6 heteroatoms. The first-order valence-corrected chi connectivity index (χ1v) is 7.32. The SMILES string of the molecule is CCC(CC)c1c(C(=O)O)nnn1-c1ccc(C)c(Cl)c1. The van der Waals surface area contributed by atoms with Crippen LogP contribution in [0.4, 0.5) is 0 Å². The van der Waals surface area contributed by atoms with Gasteiger partial charge in [-0.25, -0.2) is 9.48 Å². The van der Waals surface area contributed by atoms with Crippen molar-refractivity contribution in [1.82, 2.24) is 15.0 Å². The zero-order valence-corrected chi connectivity index (χ0v) is 13.1. The summed E-state index contributed by atoms with van der Waals surface area (Å²) in [5.41, 5.74) is 2.34. The first-order chi connectivity index (χ1) is 9.99. The maximum atomic E-state index is 11.4. The van der Waals surface area contributed by atoms with E-state index in [-0.39, 0.29) is 11.6 Å². The minimum atomic E-state index is -1.05. The Morgan fingerprint density at radius 1 is 1.38 bits per heavy atom. The van der Waals surface area contributed by atoms with Crippen LogP contribution in [0.3, 0.4) is 0 Å². The number of carboxylic acids is 1. The number of aryl methyl sites for hydroxylation is 1. The maximum Gasteiger partial charge on any atom is 0.358 e. The van der Waals surface area contributed by atoms with E-state index in [0.717, 1.165) is 24.1 Å². The molecule has 1 heterocycles. The summed E-state index contributed by atoms with van der Waals surface area (Å²) in [6.45, 7) is 5.97. The second kappa shape index (κ2) is 6.26. The number of aromatic carboxylic acids is 1. The molecule has 1 N–H and O–H groups in total. The summed E-state index contributed by atoms with van der Waals surface area (Å²) in [6.07, 6.45) is 1.65. The third-order valence-corrected chi connectivity index (χ3v) is 4.09. The third kappa shape index (κ3) is 2.93. The molecule has 5 nitrogen and oxygen atoms in total. The summed E-state index contributed by atoms with van der Waals surface area (Å²) in [7, 11) is 0. The molecule has 0 saturated carbocycles. The van der Waals surface area contributed by atoms with Gasteiger partial charge in [0.05, 0.1) is 11.4 Å². The molecular weight excluding hydrogens is 290 g/mol. The van der Waals surface area contributed by atoms with E-state index in [2.05, 4.69) is 10.3 Å². The van der Waals surface area contributed by atoms with Crippen molar-refractivity contribution in [1.29, 1.82) is 0 Å². The zero-order valence-electron chi connectivity index (χ0n) is 12.3. The summed E-state index contributed by atoms with van der Waals surface area (Å²) >= 11 is 6.15. The highest BCUT2D eigenvalue weighted by atomic mass is 35.5. The molecule has 0 saturated heterocycles. The standard InChI is InChI=1S/C15H18ClN3O2/c1-4-10(5-2)14-13(15(20)21)17-18-19(14)11-7-6-9(3)12(16)8-11/h6-8,10H,4-5H2,1-3H3,(H,20,21). The van der Waals surface area contributed by atoms with E-state index < -0.39 is 5.97 Å². The quantitative estimate of drug-likeness (QED) is 0.911. The van der Waals surface area contributed by atoms with E-state index >= 15 is 0 Å². The van der Waals surface area contributed by atoms with Crippen LogP contribution in [-0.4, -0.2) is 26.1 Å². The van der Waals surface area contributed by atoms with Crippen LogP contribution in [-0.2, 0) is 0 Å². The molecule has 2 rings (SSSR count). The Labute approximate surface area is 128 Å². The van der Waals surface area contributed by atoms with E-state index in [1.54, 1.807) is 10.7 Å². The molecule has 21 heavy (non-hydrogen) atoms. The van der Waals surface area contributed by atoms with Crippen molar-refractivity contribution in [3.63, 3.8) is 0 Å². The first kappa shape index (κ1) is 15.5. The van der Waals surface area contributed by atoms with Gasteiger partial charge in [0.15, 0.2) is 5.69 Å². The van der Waals surface area contributed by atoms with Gasteiger partial charge in [0.25, 0.3) is 0 Å². The highest BCUT2D eigenvalue weighted by Crippen LogP contribution is 2.28. The van der Waals surface area contributed by atoms with Crippen molar-refractivity contribution in [2.75, 3.05) is 0 Å². The van der Waals surface area contributed by atoms with Crippen LogP contribution >= 0.6 is 11.6 Å². The van der Waals surface area contributed by atoms with Crippen molar-refractivity contribution in [3.8, 4) is 5.69 Å². The molecule has 0 aliphatic rings. The van der Waals surface area contributed by atoms with E-state index in [1.807, 2.05) is 32.9 Å². The molecule has 2 aromatic rings. The Kier molecular flexibility index (Phi) is 4.63. The summed E-state index contributed by atoms with van der Waals surface area (Å²) in [5.74, 6) is -0.965. The van der Waals surface area contributed by atoms with E-state index in [9.17, 15) is 9.90 Å². The van der Waals surface area contributed by atoms with Crippen molar-refractivity contribution in [2.45, 2.75) is 39.5 Å². The van der Waals surface area contributed by atoms with Crippen molar-refractivity contribution in [2.24, 2.45) is 0 Å². The van der Waals surface area contributed by atoms with E-state index in [4.69, 9.17) is 11.6 Å². The van der Waals surface area contributed by atoms with Gasteiger partial charge in [0.1, 0.15) is 0 Å². The minimum absolute atomic E-state index is 0.0143. The molecule has 112 valence electrons. The number of carboxylic acid groups (broad SMARTS) is 1. The van der Waals surface area contributed by atoms with Crippen molar-refractivity contribution < 1.29 is 9.90 Å². The fourth-order valence-corrected chi connectivity index (χ4v) is 2.56. The lowest BCUT2D eigenvalue weighted by molar-refractivity contribution is 0.0688. The number of halogens is 1. The van der Waals surface area contributed by atoms with Crippen LogP contribution < -0.4 is 0 Å². The fraction of sp³-hybridized carbons (Fsp3) is 0.400. The maximum absolute atomic E-state index is 11.4. The lowest BCUT2D eigenvalue weighted by Crippen LogP contribution is -2.11. The van der Waals surface area contributed by atoms with Crippen LogP contribution in [0.1, 0.15) is 54.4 Å². The molecule has 0 fully saturated rings. The average Bonchev–Trinajstić information content (AvgIpc) is 2.88. The Morgan fingerprint density at radius 2 is 2.05 bits per heavy atom. The van der Waals surface area contributed by atoms with Gasteiger partial charge in [0.2, 0.25) is 0 Å². The first-order valence-electron chi connectivity index (χ1n) is 6.94. The van der Waals surface area contributed by atoms with Crippen LogP contribution in [0, 0.1) is 6.92 Å². The molecule has 0 amide bonds. The number of hydrogen-bond donors (Lipinski definition) is 1. The summed E-state index contributed by atoms with van der Waals surface area (Å²) in [4.78, 5) is 11.4. The highest BCUT2D eigenvalue weighted by molar-refractivity contribution is 6.31. The van der Waals surface area contributed by atoms with Gasteiger partial charge in [-0.1, -0.05) is 36.7 Å². The molecule has 0 atom stereocenters.